The molecule has 3 aromatic rings. The van der Waals surface area contributed by atoms with Crippen LogP contribution in [0.5, 0.6) is 0 Å². The highest BCUT2D eigenvalue weighted by Gasteiger charge is 2.30. The van der Waals surface area contributed by atoms with E-state index in [2.05, 4.69) is 5.32 Å². The van der Waals surface area contributed by atoms with Crippen LogP contribution in [0, 0.1) is 13.8 Å². The Morgan fingerprint density at radius 3 is 2.27 bits per heavy atom. The molecule has 0 unspecified atom stereocenters. The van der Waals surface area contributed by atoms with Crippen LogP contribution >= 0.6 is 11.6 Å². The van der Waals surface area contributed by atoms with E-state index < -0.39 is 16.1 Å². The van der Waals surface area contributed by atoms with Gasteiger partial charge in [0.25, 0.3) is 0 Å². The van der Waals surface area contributed by atoms with E-state index in [1.165, 1.54) is 4.31 Å². The number of sulfonamides is 1. The molecule has 0 aliphatic rings. The molecule has 0 aliphatic heterocycles. The zero-order chi connectivity index (χ0) is 30.0. The molecule has 0 bridgehead atoms. The number of carbonyl (C=O) groups is 2. The molecule has 220 valence electrons. The SMILES string of the molecule is CCCNC(=O)[C@H](Cc1ccccc1)N(Cc1ccc(C)cc1)C(=O)CCCN(c1cc(Cl)ccc1C)S(C)(=O)=O. The Kier molecular flexibility index (Phi) is 11.8. The molecular formula is C32H40ClN3O4S. The maximum Gasteiger partial charge on any atom is 0.243 e. The van der Waals surface area contributed by atoms with Gasteiger partial charge in [-0.1, -0.05) is 84.8 Å². The summed E-state index contributed by atoms with van der Waals surface area (Å²) < 4.78 is 26.7. The normalized spacial score (nSPS) is 12.0. The first kappa shape index (κ1) is 32.2. The highest BCUT2D eigenvalue weighted by Crippen LogP contribution is 2.27. The number of carbonyl (C=O) groups excluding carboxylic acids is 2. The Labute approximate surface area is 249 Å². The molecule has 9 heteroatoms. The van der Waals surface area contributed by atoms with E-state index in [0.29, 0.717) is 23.7 Å². The number of amides is 2. The Hall–Kier alpha value is -3.36. The minimum atomic E-state index is -3.62. The van der Waals surface area contributed by atoms with E-state index in [-0.39, 0.29) is 37.7 Å². The largest absolute Gasteiger partial charge is 0.354 e. The summed E-state index contributed by atoms with van der Waals surface area (Å²) in [6, 6.07) is 21.9. The molecule has 41 heavy (non-hydrogen) atoms. The Bertz CT molecular complexity index is 1410. The zero-order valence-corrected chi connectivity index (χ0v) is 25.8. The van der Waals surface area contributed by atoms with Crippen LogP contribution in [0.1, 0.15) is 48.4 Å². The van der Waals surface area contributed by atoms with Crippen molar-refractivity contribution in [3.8, 4) is 0 Å². The number of nitrogens with one attached hydrogen (secondary N) is 1. The molecule has 0 saturated carbocycles. The molecule has 1 N–H and O–H groups in total. The minimum absolute atomic E-state index is 0.0733. The van der Waals surface area contributed by atoms with Gasteiger partial charge in [0.1, 0.15) is 6.04 Å². The van der Waals surface area contributed by atoms with Gasteiger partial charge in [0, 0.05) is 37.5 Å². The Morgan fingerprint density at radius 2 is 1.63 bits per heavy atom. The first-order valence-corrected chi connectivity index (χ1v) is 16.1. The first-order valence-electron chi connectivity index (χ1n) is 13.9. The summed E-state index contributed by atoms with van der Waals surface area (Å²) in [5.41, 5.74) is 4.22. The van der Waals surface area contributed by atoms with Crippen molar-refractivity contribution in [3.63, 3.8) is 0 Å². The van der Waals surface area contributed by atoms with Crippen LogP contribution in [-0.2, 0) is 32.6 Å². The summed E-state index contributed by atoms with van der Waals surface area (Å²) in [5, 5.41) is 3.41. The molecule has 0 aromatic heterocycles. The lowest BCUT2D eigenvalue weighted by Crippen LogP contribution is -2.50. The van der Waals surface area contributed by atoms with Gasteiger partial charge in [-0.3, -0.25) is 13.9 Å². The van der Waals surface area contributed by atoms with Gasteiger partial charge in [0.15, 0.2) is 0 Å². The van der Waals surface area contributed by atoms with Gasteiger partial charge in [0.05, 0.1) is 11.9 Å². The lowest BCUT2D eigenvalue weighted by Gasteiger charge is -2.32. The van der Waals surface area contributed by atoms with Crippen LogP contribution in [-0.4, -0.2) is 50.5 Å². The maximum atomic E-state index is 13.9. The highest BCUT2D eigenvalue weighted by molar-refractivity contribution is 7.92. The van der Waals surface area contributed by atoms with E-state index in [9.17, 15) is 18.0 Å². The predicted molar refractivity (Wildman–Crippen MR) is 167 cm³/mol. The molecule has 3 aromatic carbocycles. The molecule has 0 radical (unpaired) electrons. The van der Waals surface area contributed by atoms with Crippen LogP contribution in [0.3, 0.4) is 0 Å². The summed E-state index contributed by atoms with van der Waals surface area (Å²) in [6.45, 7) is 6.68. The van der Waals surface area contributed by atoms with E-state index in [4.69, 9.17) is 11.6 Å². The summed E-state index contributed by atoms with van der Waals surface area (Å²) in [4.78, 5) is 29.0. The molecule has 2 amide bonds. The molecule has 0 heterocycles. The standard InChI is InChI=1S/C32H40ClN3O4S/c1-5-19-34-32(38)30(21-26-10-7-6-8-11-26)35(23-27-16-13-24(2)14-17-27)31(37)12-9-20-36(41(4,39)40)29-22-28(33)18-15-25(29)3/h6-8,10-11,13-18,22,30H,5,9,12,19-21,23H2,1-4H3,(H,34,38)/t30-/m0/s1. The second-order valence-corrected chi connectivity index (χ2v) is 12.7. The van der Waals surface area contributed by atoms with E-state index in [1.807, 2.05) is 75.4 Å². The summed E-state index contributed by atoms with van der Waals surface area (Å²) >= 11 is 6.17. The van der Waals surface area contributed by atoms with Crippen molar-refractivity contribution >= 4 is 39.1 Å². The number of nitrogens with zero attached hydrogens (tertiary/aromatic N) is 2. The second kappa shape index (κ2) is 15.0. The molecule has 0 spiro atoms. The summed E-state index contributed by atoms with van der Waals surface area (Å²) in [6.07, 6.45) is 2.64. The number of rotatable bonds is 14. The van der Waals surface area contributed by atoms with Crippen LogP contribution in [0.4, 0.5) is 5.69 Å². The van der Waals surface area contributed by atoms with E-state index >= 15 is 0 Å². The van der Waals surface area contributed by atoms with Gasteiger partial charge >= 0.3 is 0 Å². The highest BCUT2D eigenvalue weighted by atomic mass is 35.5. The molecule has 1 atom stereocenters. The van der Waals surface area contributed by atoms with Crippen molar-refractivity contribution in [2.45, 2.75) is 59.0 Å². The Balaban J connectivity index is 1.88. The number of benzene rings is 3. The van der Waals surface area contributed by atoms with Gasteiger partial charge < -0.3 is 10.2 Å². The average molecular weight is 598 g/mol. The number of hydrogen-bond donors (Lipinski definition) is 1. The second-order valence-electron chi connectivity index (χ2n) is 10.4. The monoisotopic (exact) mass is 597 g/mol. The third-order valence-electron chi connectivity index (χ3n) is 6.89. The molecule has 3 rings (SSSR count). The van der Waals surface area contributed by atoms with Gasteiger partial charge in [-0.05, 0) is 55.5 Å². The fourth-order valence-corrected chi connectivity index (χ4v) is 5.82. The zero-order valence-electron chi connectivity index (χ0n) is 24.3. The molecule has 0 saturated heterocycles. The van der Waals surface area contributed by atoms with Crippen molar-refractivity contribution in [1.29, 1.82) is 0 Å². The average Bonchev–Trinajstić information content (AvgIpc) is 2.94. The molecule has 0 fully saturated rings. The van der Waals surface area contributed by atoms with E-state index in [0.717, 1.165) is 34.9 Å². The third kappa shape index (κ3) is 9.61. The first-order chi connectivity index (χ1) is 19.5. The summed E-state index contributed by atoms with van der Waals surface area (Å²) in [7, 11) is -3.62. The van der Waals surface area contributed by atoms with Crippen LogP contribution in [0.25, 0.3) is 0 Å². The number of halogens is 1. The van der Waals surface area contributed by atoms with Gasteiger partial charge in [-0.25, -0.2) is 8.42 Å². The number of hydrogen-bond acceptors (Lipinski definition) is 4. The summed E-state index contributed by atoms with van der Waals surface area (Å²) in [5.74, 6) is -0.419. The molecule has 0 aliphatic carbocycles. The number of anilines is 1. The smallest absolute Gasteiger partial charge is 0.243 e. The van der Waals surface area contributed by atoms with Crippen molar-refractivity contribution in [2.75, 3.05) is 23.7 Å². The van der Waals surface area contributed by atoms with Gasteiger partial charge in [-0.2, -0.15) is 0 Å². The van der Waals surface area contributed by atoms with Gasteiger partial charge in [-0.15, -0.1) is 0 Å². The van der Waals surface area contributed by atoms with Crippen LogP contribution < -0.4 is 9.62 Å². The number of aryl methyl sites for hydroxylation is 2. The Morgan fingerprint density at radius 1 is 0.951 bits per heavy atom. The van der Waals surface area contributed by atoms with E-state index in [1.54, 1.807) is 23.1 Å². The van der Waals surface area contributed by atoms with Crippen molar-refractivity contribution in [2.24, 2.45) is 0 Å². The quantitative estimate of drug-likeness (QED) is 0.259. The third-order valence-corrected chi connectivity index (χ3v) is 8.30. The van der Waals surface area contributed by atoms with Crippen LogP contribution in [0.15, 0.2) is 72.8 Å². The van der Waals surface area contributed by atoms with Crippen molar-refractivity contribution in [1.82, 2.24) is 10.2 Å². The van der Waals surface area contributed by atoms with Crippen molar-refractivity contribution in [3.05, 3.63) is 100 Å². The topological polar surface area (TPSA) is 86.8 Å². The fraction of sp³-hybridized carbons (Fsp3) is 0.375. The predicted octanol–water partition coefficient (Wildman–Crippen LogP) is 5.67. The molecule has 7 nitrogen and oxygen atoms in total. The lowest BCUT2D eigenvalue weighted by molar-refractivity contribution is -0.141. The van der Waals surface area contributed by atoms with Crippen molar-refractivity contribution < 1.29 is 18.0 Å². The maximum absolute atomic E-state index is 13.9. The fourth-order valence-electron chi connectivity index (χ4n) is 4.64. The molecular weight excluding hydrogens is 558 g/mol. The minimum Gasteiger partial charge on any atom is -0.354 e. The van der Waals surface area contributed by atoms with Gasteiger partial charge in [0.2, 0.25) is 21.8 Å². The lowest BCUT2D eigenvalue weighted by atomic mass is 10.0. The van der Waals surface area contributed by atoms with Crippen LogP contribution in [0.2, 0.25) is 5.02 Å².